The fourth-order valence-corrected chi connectivity index (χ4v) is 1.67. The second kappa shape index (κ2) is 6.04. The molecule has 0 radical (unpaired) electrons. The predicted molar refractivity (Wildman–Crippen MR) is 73.7 cm³/mol. The maximum absolute atomic E-state index is 12.0. The second-order valence-electron chi connectivity index (χ2n) is 4.13. The van der Waals surface area contributed by atoms with E-state index in [9.17, 15) is 9.59 Å². The summed E-state index contributed by atoms with van der Waals surface area (Å²) in [6.07, 6.45) is 0.623. The lowest BCUT2D eigenvalue weighted by Gasteiger charge is -2.09. The number of methoxy groups -OCH3 is 1. The number of aromatic nitrogens is 3. The van der Waals surface area contributed by atoms with Crippen LogP contribution in [0.1, 0.15) is 33.7 Å². The van der Waals surface area contributed by atoms with Gasteiger partial charge in [-0.15, -0.1) is 5.10 Å². The number of anilines is 1. The second-order valence-corrected chi connectivity index (χ2v) is 4.13. The number of carbonyl (C=O) groups is 2. The molecule has 1 heterocycles. The van der Waals surface area contributed by atoms with Crippen LogP contribution in [0.3, 0.4) is 0 Å². The van der Waals surface area contributed by atoms with E-state index in [1.54, 1.807) is 0 Å². The molecule has 8 nitrogen and oxygen atoms in total. The van der Waals surface area contributed by atoms with Crippen molar-refractivity contribution in [3.05, 3.63) is 35.4 Å². The zero-order valence-corrected chi connectivity index (χ0v) is 11.5. The third-order valence-electron chi connectivity index (χ3n) is 2.76. The zero-order valence-electron chi connectivity index (χ0n) is 11.5. The summed E-state index contributed by atoms with van der Waals surface area (Å²) in [4.78, 5) is 27.0. The number of aromatic carboxylic acids is 1. The lowest BCUT2D eigenvalue weighted by Crippen LogP contribution is -2.15. The molecule has 0 saturated carbocycles. The Morgan fingerprint density at radius 2 is 2.19 bits per heavy atom. The highest BCUT2D eigenvalue weighted by Gasteiger charge is 2.16. The summed E-state index contributed by atoms with van der Waals surface area (Å²) in [5.74, 6) is -0.730. The highest BCUT2D eigenvalue weighted by molar-refractivity contribution is 6.03. The van der Waals surface area contributed by atoms with Crippen molar-refractivity contribution in [3.63, 3.8) is 0 Å². The van der Waals surface area contributed by atoms with Crippen LogP contribution in [0.25, 0.3) is 0 Å². The topological polar surface area (TPSA) is 117 Å². The number of nitrogens with zero attached hydrogens (tertiary/aromatic N) is 2. The Hall–Kier alpha value is -2.90. The van der Waals surface area contributed by atoms with Gasteiger partial charge in [0.25, 0.3) is 5.91 Å². The van der Waals surface area contributed by atoms with Crippen LogP contribution in [0.4, 0.5) is 5.69 Å². The molecule has 0 aliphatic rings. The number of carbonyl (C=O) groups excluding carboxylic acids is 1. The molecule has 0 atom stereocenters. The summed E-state index contributed by atoms with van der Waals surface area (Å²) in [5.41, 5.74) is 0.278. The standard InChI is InChI=1S/C13H14N4O4/c1-3-10-15-11(17-16-10)12(18)14-8-6-7(13(19)20)4-5-9(8)21-2/h4-6H,3H2,1-2H3,(H,14,18)(H,19,20)(H,15,16,17). The average molecular weight is 290 g/mol. The van der Waals surface area contributed by atoms with Crippen LogP contribution >= 0.6 is 0 Å². The monoisotopic (exact) mass is 290 g/mol. The van der Waals surface area contributed by atoms with E-state index in [-0.39, 0.29) is 17.1 Å². The Morgan fingerprint density at radius 3 is 2.76 bits per heavy atom. The molecule has 2 aromatic rings. The molecular formula is C13H14N4O4. The van der Waals surface area contributed by atoms with E-state index in [0.717, 1.165) is 0 Å². The van der Waals surface area contributed by atoms with Gasteiger partial charge in [-0.1, -0.05) is 6.92 Å². The average Bonchev–Trinajstić information content (AvgIpc) is 2.96. The minimum Gasteiger partial charge on any atom is -0.495 e. The van der Waals surface area contributed by atoms with Crippen molar-refractivity contribution in [1.82, 2.24) is 15.2 Å². The fraction of sp³-hybridized carbons (Fsp3) is 0.231. The minimum atomic E-state index is -1.10. The summed E-state index contributed by atoms with van der Waals surface area (Å²) in [5, 5.41) is 17.9. The van der Waals surface area contributed by atoms with Gasteiger partial charge in [0.05, 0.1) is 18.4 Å². The van der Waals surface area contributed by atoms with Crippen molar-refractivity contribution in [2.24, 2.45) is 0 Å². The first kappa shape index (κ1) is 14.5. The molecule has 3 N–H and O–H groups in total. The Balaban J connectivity index is 2.26. The number of carboxylic acids is 1. The van der Waals surface area contributed by atoms with E-state index in [1.807, 2.05) is 6.92 Å². The molecule has 1 aromatic heterocycles. The van der Waals surface area contributed by atoms with Gasteiger partial charge in [-0.2, -0.15) is 0 Å². The van der Waals surface area contributed by atoms with Gasteiger partial charge < -0.3 is 15.2 Å². The summed E-state index contributed by atoms with van der Waals surface area (Å²) >= 11 is 0. The van der Waals surface area contributed by atoms with Crippen LogP contribution < -0.4 is 10.1 Å². The van der Waals surface area contributed by atoms with Gasteiger partial charge in [-0.25, -0.2) is 9.78 Å². The van der Waals surface area contributed by atoms with E-state index in [4.69, 9.17) is 9.84 Å². The molecule has 0 saturated heterocycles. The first-order valence-electron chi connectivity index (χ1n) is 6.19. The van der Waals surface area contributed by atoms with Crippen LogP contribution in [0.2, 0.25) is 0 Å². The molecule has 1 aromatic carbocycles. The van der Waals surface area contributed by atoms with Crippen molar-refractivity contribution in [3.8, 4) is 5.75 Å². The number of hydrogen-bond acceptors (Lipinski definition) is 5. The molecule has 1 amide bonds. The van der Waals surface area contributed by atoms with E-state index >= 15 is 0 Å². The fourth-order valence-electron chi connectivity index (χ4n) is 1.67. The number of ether oxygens (including phenoxy) is 1. The number of nitrogens with one attached hydrogen (secondary N) is 2. The van der Waals surface area contributed by atoms with Crippen molar-refractivity contribution < 1.29 is 19.4 Å². The van der Waals surface area contributed by atoms with E-state index in [0.29, 0.717) is 18.0 Å². The highest BCUT2D eigenvalue weighted by atomic mass is 16.5. The third kappa shape index (κ3) is 3.16. The normalized spacial score (nSPS) is 10.2. The van der Waals surface area contributed by atoms with Crippen molar-refractivity contribution >= 4 is 17.6 Å². The van der Waals surface area contributed by atoms with Crippen molar-refractivity contribution in [2.75, 3.05) is 12.4 Å². The first-order chi connectivity index (χ1) is 10.0. The molecule has 0 aliphatic carbocycles. The first-order valence-corrected chi connectivity index (χ1v) is 6.19. The van der Waals surface area contributed by atoms with Gasteiger partial charge in [0.2, 0.25) is 5.82 Å². The van der Waals surface area contributed by atoms with Gasteiger partial charge in [-0.3, -0.25) is 9.89 Å². The number of benzene rings is 1. The predicted octanol–water partition coefficient (Wildman–Crippen LogP) is 1.33. The van der Waals surface area contributed by atoms with Gasteiger partial charge in [0, 0.05) is 6.42 Å². The van der Waals surface area contributed by atoms with Crippen LogP contribution in [-0.4, -0.2) is 39.3 Å². The Kier molecular flexibility index (Phi) is 4.17. The summed E-state index contributed by atoms with van der Waals surface area (Å²) < 4.78 is 5.09. The van der Waals surface area contributed by atoms with Crippen LogP contribution in [-0.2, 0) is 6.42 Å². The van der Waals surface area contributed by atoms with Crippen LogP contribution in [0.5, 0.6) is 5.75 Å². The quantitative estimate of drug-likeness (QED) is 0.764. The smallest absolute Gasteiger partial charge is 0.335 e. The Bertz CT molecular complexity index is 681. The van der Waals surface area contributed by atoms with Crippen LogP contribution in [0, 0.1) is 0 Å². The Morgan fingerprint density at radius 1 is 1.43 bits per heavy atom. The van der Waals surface area contributed by atoms with E-state index < -0.39 is 11.9 Å². The molecule has 2 rings (SSSR count). The molecule has 8 heteroatoms. The van der Waals surface area contributed by atoms with Gasteiger partial charge in [0.1, 0.15) is 11.6 Å². The maximum Gasteiger partial charge on any atom is 0.335 e. The highest BCUT2D eigenvalue weighted by Crippen LogP contribution is 2.25. The lowest BCUT2D eigenvalue weighted by atomic mass is 10.2. The minimum absolute atomic E-state index is 0.0189. The molecule has 0 unspecified atom stereocenters. The summed E-state index contributed by atoms with van der Waals surface area (Å²) in [6, 6.07) is 4.17. The molecule has 21 heavy (non-hydrogen) atoms. The molecule has 0 bridgehead atoms. The number of carboxylic acid groups (broad SMARTS) is 1. The van der Waals surface area contributed by atoms with Gasteiger partial charge >= 0.3 is 5.97 Å². The number of hydrogen-bond donors (Lipinski definition) is 3. The molecule has 0 spiro atoms. The maximum atomic E-state index is 12.0. The molecule has 0 aliphatic heterocycles. The number of H-pyrrole nitrogens is 1. The number of aryl methyl sites for hydroxylation is 1. The Labute approximate surface area is 120 Å². The molecule has 110 valence electrons. The van der Waals surface area contributed by atoms with Crippen molar-refractivity contribution in [1.29, 1.82) is 0 Å². The van der Waals surface area contributed by atoms with E-state index in [1.165, 1.54) is 25.3 Å². The number of rotatable bonds is 5. The summed E-state index contributed by atoms with van der Waals surface area (Å²) in [7, 11) is 1.42. The lowest BCUT2D eigenvalue weighted by molar-refractivity contribution is 0.0696. The zero-order chi connectivity index (χ0) is 15.4. The molecular weight excluding hydrogens is 276 g/mol. The third-order valence-corrected chi connectivity index (χ3v) is 2.76. The number of aromatic amines is 1. The van der Waals surface area contributed by atoms with E-state index in [2.05, 4.69) is 20.5 Å². The SMILES string of the molecule is CCc1nc(C(=O)Nc2cc(C(=O)O)ccc2OC)n[nH]1. The van der Waals surface area contributed by atoms with Gasteiger partial charge in [0.15, 0.2) is 0 Å². The summed E-state index contributed by atoms with van der Waals surface area (Å²) in [6.45, 7) is 1.88. The number of amides is 1. The molecule has 0 fully saturated rings. The largest absolute Gasteiger partial charge is 0.495 e. The van der Waals surface area contributed by atoms with Crippen molar-refractivity contribution in [2.45, 2.75) is 13.3 Å². The van der Waals surface area contributed by atoms with Crippen LogP contribution in [0.15, 0.2) is 18.2 Å². The van der Waals surface area contributed by atoms with Gasteiger partial charge in [-0.05, 0) is 18.2 Å².